The molecule has 3 nitrogen and oxygen atoms in total. The standard InChI is InChI=1S/C11H9ClF3N3/c1-7-2-3-8(11(13,14)15)4-9(7)18-6-16-17-10(18)5-12/h2-4,6H,5H2,1H3. The van der Waals surface area contributed by atoms with Gasteiger partial charge in [-0.25, -0.2) is 0 Å². The molecule has 2 rings (SSSR count). The van der Waals surface area contributed by atoms with Crippen LogP contribution in [0.15, 0.2) is 24.5 Å². The number of nitrogens with zero attached hydrogens (tertiary/aromatic N) is 3. The molecule has 0 saturated carbocycles. The maximum absolute atomic E-state index is 12.7. The molecular formula is C11H9ClF3N3. The molecule has 1 aromatic carbocycles. The van der Waals surface area contributed by atoms with E-state index in [-0.39, 0.29) is 5.88 Å². The largest absolute Gasteiger partial charge is 0.416 e. The summed E-state index contributed by atoms with van der Waals surface area (Å²) in [5, 5.41) is 7.39. The molecular weight excluding hydrogens is 267 g/mol. The molecule has 0 spiro atoms. The average molecular weight is 276 g/mol. The summed E-state index contributed by atoms with van der Waals surface area (Å²) in [4.78, 5) is 0. The van der Waals surface area contributed by atoms with Crippen LogP contribution in [0.2, 0.25) is 0 Å². The summed E-state index contributed by atoms with van der Waals surface area (Å²) in [7, 11) is 0. The Balaban J connectivity index is 2.57. The van der Waals surface area contributed by atoms with E-state index in [4.69, 9.17) is 11.6 Å². The van der Waals surface area contributed by atoms with Crippen LogP contribution >= 0.6 is 11.6 Å². The van der Waals surface area contributed by atoms with Crippen LogP contribution in [0.1, 0.15) is 17.0 Å². The van der Waals surface area contributed by atoms with Crippen molar-refractivity contribution in [1.82, 2.24) is 14.8 Å². The van der Waals surface area contributed by atoms with Gasteiger partial charge in [0.05, 0.1) is 17.1 Å². The van der Waals surface area contributed by atoms with Gasteiger partial charge in [-0.15, -0.1) is 21.8 Å². The molecule has 0 atom stereocenters. The molecule has 0 aliphatic carbocycles. The number of hydrogen-bond acceptors (Lipinski definition) is 2. The lowest BCUT2D eigenvalue weighted by Crippen LogP contribution is -2.08. The Bertz CT molecular complexity index is 563. The second-order valence-electron chi connectivity index (χ2n) is 3.75. The quantitative estimate of drug-likeness (QED) is 0.787. The van der Waals surface area contributed by atoms with E-state index in [1.807, 2.05) is 0 Å². The van der Waals surface area contributed by atoms with Gasteiger partial charge < -0.3 is 0 Å². The smallest absolute Gasteiger partial charge is 0.284 e. The third-order valence-electron chi connectivity index (χ3n) is 2.53. The zero-order chi connectivity index (χ0) is 13.3. The van der Waals surface area contributed by atoms with Crippen LogP contribution in [0.25, 0.3) is 5.69 Å². The summed E-state index contributed by atoms with van der Waals surface area (Å²) in [6.07, 6.45) is -3.03. The van der Waals surface area contributed by atoms with Gasteiger partial charge in [-0.2, -0.15) is 13.2 Å². The number of aryl methyl sites for hydroxylation is 1. The monoisotopic (exact) mass is 275 g/mol. The number of rotatable bonds is 2. The summed E-state index contributed by atoms with van der Waals surface area (Å²) >= 11 is 5.66. The van der Waals surface area contributed by atoms with E-state index in [9.17, 15) is 13.2 Å². The van der Waals surface area contributed by atoms with Gasteiger partial charge in [0.25, 0.3) is 0 Å². The summed E-state index contributed by atoms with van der Waals surface area (Å²) < 4.78 is 39.4. The maximum Gasteiger partial charge on any atom is 0.416 e. The van der Waals surface area contributed by atoms with Crippen molar-refractivity contribution in [1.29, 1.82) is 0 Å². The molecule has 0 radical (unpaired) electrons. The van der Waals surface area contributed by atoms with Crippen LogP contribution in [0.4, 0.5) is 13.2 Å². The first kappa shape index (κ1) is 12.9. The van der Waals surface area contributed by atoms with E-state index >= 15 is 0 Å². The van der Waals surface area contributed by atoms with Crippen LogP contribution in [-0.2, 0) is 12.1 Å². The van der Waals surface area contributed by atoms with Crippen LogP contribution in [0.3, 0.4) is 0 Å². The van der Waals surface area contributed by atoms with E-state index in [0.29, 0.717) is 17.1 Å². The third-order valence-corrected chi connectivity index (χ3v) is 2.77. The summed E-state index contributed by atoms with van der Waals surface area (Å²) in [6.45, 7) is 1.72. The van der Waals surface area contributed by atoms with Crippen molar-refractivity contribution in [2.75, 3.05) is 0 Å². The lowest BCUT2D eigenvalue weighted by atomic mass is 10.1. The van der Waals surface area contributed by atoms with E-state index in [1.165, 1.54) is 17.0 Å². The van der Waals surface area contributed by atoms with Gasteiger partial charge in [0.2, 0.25) is 0 Å². The highest BCUT2D eigenvalue weighted by molar-refractivity contribution is 6.16. The number of alkyl halides is 4. The predicted molar refractivity (Wildman–Crippen MR) is 60.7 cm³/mol. The SMILES string of the molecule is Cc1ccc(C(F)(F)F)cc1-n1cnnc1CCl. The molecule has 0 fully saturated rings. The molecule has 0 amide bonds. The zero-order valence-electron chi connectivity index (χ0n) is 9.37. The second kappa shape index (κ2) is 4.61. The van der Waals surface area contributed by atoms with Gasteiger partial charge in [-0.05, 0) is 24.6 Å². The van der Waals surface area contributed by atoms with Crippen LogP contribution in [0, 0.1) is 6.92 Å². The zero-order valence-corrected chi connectivity index (χ0v) is 10.1. The Labute approximate surface area is 106 Å². The molecule has 0 saturated heterocycles. The average Bonchev–Trinajstić information content (AvgIpc) is 2.76. The minimum atomic E-state index is -4.38. The lowest BCUT2D eigenvalue weighted by molar-refractivity contribution is -0.137. The van der Waals surface area contributed by atoms with Gasteiger partial charge in [-0.3, -0.25) is 4.57 Å². The Morgan fingerprint density at radius 1 is 1.33 bits per heavy atom. The van der Waals surface area contributed by atoms with Crippen LogP contribution in [0.5, 0.6) is 0 Å². The Hall–Kier alpha value is -1.56. The normalized spacial score (nSPS) is 11.8. The summed E-state index contributed by atoms with van der Waals surface area (Å²) in [5.41, 5.74) is 0.358. The van der Waals surface area contributed by atoms with E-state index in [2.05, 4.69) is 10.2 Å². The van der Waals surface area contributed by atoms with Crippen molar-refractivity contribution in [3.8, 4) is 5.69 Å². The van der Waals surface area contributed by atoms with Gasteiger partial charge in [0.15, 0.2) is 5.82 Å². The van der Waals surface area contributed by atoms with Crippen molar-refractivity contribution in [3.63, 3.8) is 0 Å². The molecule has 18 heavy (non-hydrogen) atoms. The molecule has 7 heteroatoms. The maximum atomic E-state index is 12.7. The minimum Gasteiger partial charge on any atom is -0.284 e. The minimum absolute atomic E-state index is 0.0791. The predicted octanol–water partition coefficient (Wildman–Crippen LogP) is 3.33. The fourth-order valence-electron chi connectivity index (χ4n) is 1.60. The van der Waals surface area contributed by atoms with Gasteiger partial charge in [0.1, 0.15) is 6.33 Å². The molecule has 1 heterocycles. The van der Waals surface area contributed by atoms with Gasteiger partial charge in [-0.1, -0.05) is 6.07 Å². The van der Waals surface area contributed by atoms with Crippen LogP contribution in [-0.4, -0.2) is 14.8 Å². The Kier molecular flexibility index (Phi) is 3.30. The molecule has 0 aliphatic heterocycles. The number of hydrogen-bond donors (Lipinski definition) is 0. The summed E-state index contributed by atoms with van der Waals surface area (Å²) in [6, 6.07) is 3.52. The fourth-order valence-corrected chi connectivity index (χ4v) is 1.78. The highest BCUT2D eigenvalue weighted by Crippen LogP contribution is 2.31. The van der Waals surface area contributed by atoms with Crippen molar-refractivity contribution in [3.05, 3.63) is 41.5 Å². The van der Waals surface area contributed by atoms with Gasteiger partial charge in [0, 0.05) is 0 Å². The molecule has 2 aromatic rings. The Morgan fingerprint density at radius 3 is 2.67 bits per heavy atom. The van der Waals surface area contributed by atoms with Crippen LogP contribution < -0.4 is 0 Å². The molecule has 96 valence electrons. The lowest BCUT2D eigenvalue weighted by Gasteiger charge is -2.12. The highest BCUT2D eigenvalue weighted by Gasteiger charge is 2.31. The molecule has 0 aliphatic rings. The number of aromatic nitrogens is 3. The molecule has 0 unspecified atom stereocenters. The van der Waals surface area contributed by atoms with Gasteiger partial charge >= 0.3 is 6.18 Å². The first-order valence-corrected chi connectivity index (χ1v) is 5.60. The van der Waals surface area contributed by atoms with Crippen molar-refractivity contribution < 1.29 is 13.2 Å². The first-order valence-electron chi connectivity index (χ1n) is 5.06. The van der Waals surface area contributed by atoms with Crippen molar-refractivity contribution >= 4 is 11.6 Å². The van der Waals surface area contributed by atoms with Crippen molar-refractivity contribution in [2.45, 2.75) is 19.0 Å². The van der Waals surface area contributed by atoms with E-state index < -0.39 is 11.7 Å². The highest BCUT2D eigenvalue weighted by atomic mass is 35.5. The number of halogens is 4. The Morgan fingerprint density at radius 2 is 2.06 bits per heavy atom. The number of benzene rings is 1. The van der Waals surface area contributed by atoms with E-state index in [1.54, 1.807) is 6.92 Å². The third kappa shape index (κ3) is 2.33. The first-order chi connectivity index (χ1) is 8.43. The molecule has 0 N–H and O–H groups in total. The van der Waals surface area contributed by atoms with E-state index in [0.717, 1.165) is 12.1 Å². The molecule has 1 aromatic heterocycles. The fraction of sp³-hybridized carbons (Fsp3) is 0.273. The second-order valence-corrected chi connectivity index (χ2v) is 4.02. The van der Waals surface area contributed by atoms with Crippen molar-refractivity contribution in [2.24, 2.45) is 0 Å². The topological polar surface area (TPSA) is 30.7 Å². The molecule has 0 bridgehead atoms. The summed E-state index contributed by atoms with van der Waals surface area (Å²) in [5.74, 6) is 0.481.